The third-order valence-electron chi connectivity index (χ3n) is 6.78. The minimum atomic E-state index is -2.32. The molecule has 0 aliphatic heterocycles. The van der Waals surface area contributed by atoms with Crippen molar-refractivity contribution in [3.8, 4) is 11.5 Å². The fraction of sp³-hybridized carbons (Fsp3) is 0.647. The van der Waals surface area contributed by atoms with Gasteiger partial charge >= 0.3 is 8.25 Å². The van der Waals surface area contributed by atoms with Crippen molar-refractivity contribution >= 4 is 46.0 Å². The van der Waals surface area contributed by atoms with Gasteiger partial charge in [-0.15, -0.1) is 9.05 Å². The van der Waals surface area contributed by atoms with E-state index in [1.54, 1.807) is 0 Å². The Balaban J connectivity index is 0.00000840. The van der Waals surface area contributed by atoms with E-state index in [4.69, 9.17) is 18.5 Å². The van der Waals surface area contributed by atoms with Gasteiger partial charge in [-0.05, 0) is 70.9 Å². The largest absolute Gasteiger partial charge is 0.698 e. The van der Waals surface area contributed by atoms with Crippen molar-refractivity contribution in [2.45, 2.75) is 132 Å². The summed E-state index contributed by atoms with van der Waals surface area (Å²) < 4.78 is 36.7. The molecule has 0 unspecified atom stereocenters. The molecular formula is C34H54CaO5P+. The van der Waals surface area contributed by atoms with Gasteiger partial charge in [0.05, 0.1) is 13.2 Å². The Morgan fingerprint density at radius 3 is 0.976 bits per heavy atom. The summed E-state index contributed by atoms with van der Waals surface area (Å²) >= 11 is 0. The molecule has 0 atom stereocenters. The van der Waals surface area contributed by atoms with Crippen LogP contribution in [0.2, 0.25) is 0 Å². The Morgan fingerprint density at radius 2 is 0.780 bits per heavy atom. The second-order valence-corrected chi connectivity index (χ2v) is 15.6. The maximum atomic E-state index is 12.9. The van der Waals surface area contributed by atoms with Crippen molar-refractivity contribution in [2.24, 2.45) is 0 Å². The van der Waals surface area contributed by atoms with E-state index in [-0.39, 0.29) is 72.6 Å². The van der Waals surface area contributed by atoms with E-state index in [0.717, 1.165) is 44.9 Å². The summed E-state index contributed by atoms with van der Waals surface area (Å²) in [4.78, 5) is 0. The zero-order valence-electron chi connectivity index (χ0n) is 28.3. The van der Waals surface area contributed by atoms with Gasteiger partial charge in [0.15, 0.2) is 0 Å². The van der Waals surface area contributed by atoms with Crippen LogP contribution in [0.1, 0.15) is 130 Å². The van der Waals surface area contributed by atoms with Crippen LogP contribution >= 0.6 is 8.25 Å². The smallest absolute Gasteiger partial charge is 0.493 e. The maximum absolute atomic E-state index is 12.9. The molecule has 2 rings (SSSR count). The summed E-state index contributed by atoms with van der Waals surface area (Å²) in [7, 11) is -2.32. The van der Waals surface area contributed by atoms with Crippen LogP contribution in [0.5, 0.6) is 11.5 Å². The van der Waals surface area contributed by atoms with E-state index < -0.39 is 8.25 Å². The normalized spacial score (nSPS) is 12.6. The van der Waals surface area contributed by atoms with Gasteiger partial charge in [-0.2, -0.15) is 0 Å². The van der Waals surface area contributed by atoms with Crippen LogP contribution in [0.25, 0.3) is 0 Å². The first-order valence-corrected chi connectivity index (χ1v) is 15.6. The topological polar surface area (TPSA) is 54.0 Å². The van der Waals surface area contributed by atoms with Crippen LogP contribution in [-0.2, 0) is 48.5 Å². The van der Waals surface area contributed by atoms with Crippen LogP contribution in [0.4, 0.5) is 0 Å². The molecule has 5 nitrogen and oxygen atoms in total. The molecular weight excluding hydrogens is 559 g/mol. The Bertz CT molecular complexity index is 1020. The molecule has 0 aromatic heterocycles. The number of hydrogen-bond donors (Lipinski definition) is 0. The van der Waals surface area contributed by atoms with E-state index in [0.29, 0.717) is 13.2 Å². The first kappa shape index (κ1) is 38.3. The first-order valence-electron chi connectivity index (χ1n) is 14.5. The summed E-state index contributed by atoms with van der Waals surface area (Å²) in [6.45, 7) is 31.8. The van der Waals surface area contributed by atoms with E-state index in [1.165, 1.54) is 0 Å². The van der Waals surface area contributed by atoms with Crippen LogP contribution in [0, 0.1) is 0 Å². The summed E-state index contributed by atoms with van der Waals surface area (Å²) in [6, 6.07) is 8.45. The van der Waals surface area contributed by atoms with Crippen molar-refractivity contribution in [1.82, 2.24) is 0 Å². The van der Waals surface area contributed by atoms with E-state index in [9.17, 15) is 4.57 Å². The van der Waals surface area contributed by atoms with E-state index in [2.05, 4.69) is 107 Å². The second-order valence-electron chi connectivity index (χ2n) is 14.7. The molecule has 0 N–H and O–H groups in total. The Labute approximate surface area is 281 Å². The summed E-state index contributed by atoms with van der Waals surface area (Å²) in [5.74, 6) is 1.87. The predicted octanol–water partition coefficient (Wildman–Crippen LogP) is 9.68. The van der Waals surface area contributed by atoms with Gasteiger partial charge in [-0.1, -0.05) is 83.1 Å². The molecule has 0 fully saturated rings. The SMILES string of the molecule is CCOc1c(C(C)(C)C)cc(CO[P+](=O)OCc2cc(C(C)(C)C)c(OCC)c(C(C)(C)C)c2)cc1C(C)(C)C.[Ca]. The zero-order valence-corrected chi connectivity index (χ0v) is 31.4. The average molecular weight is 614 g/mol. The monoisotopic (exact) mass is 613 g/mol. The summed E-state index contributed by atoms with van der Waals surface area (Å²) in [5.41, 5.74) is 5.90. The number of ether oxygens (including phenoxy) is 2. The van der Waals surface area contributed by atoms with Crippen molar-refractivity contribution in [2.75, 3.05) is 13.2 Å². The number of rotatable bonds is 10. The molecule has 0 saturated carbocycles. The molecule has 226 valence electrons. The number of benzene rings is 2. The van der Waals surface area contributed by atoms with Gasteiger partial charge in [0.1, 0.15) is 24.7 Å². The molecule has 41 heavy (non-hydrogen) atoms. The first-order chi connectivity index (χ1) is 18.2. The van der Waals surface area contributed by atoms with Gasteiger partial charge in [0.2, 0.25) is 0 Å². The number of hydrogen-bond acceptors (Lipinski definition) is 5. The fourth-order valence-electron chi connectivity index (χ4n) is 4.66. The van der Waals surface area contributed by atoms with E-state index >= 15 is 0 Å². The third-order valence-corrected chi connectivity index (χ3v) is 7.46. The van der Waals surface area contributed by atoms with Gasteiger partial charge < -0.3 is 9.47 Å². The van der Waals surface area contributed by atoms with Crippen LogP contribution in [0.3, 0.4) is 0 Å². The van der Waals surface area contributed by atoms with Gasteiger partial charge in [0.25, 0.3) is 0 Å². The molecule has 0 heterocycles. The second kappa shape index (κ2) is 14.9. The van der Waals surface area contributed by atoms with Gasteiger partial charge in [-0.25, -0.2) is 0 Å². The average Bonchev–Trinajstić information content (AvgIpc) is 2.79. The van der Waals surface area contributed by atoms with Crippen molar-refractivity contribution in [1.29, 1.82) is 0 Å². The molecule has 0 amide bonds. The molecule has 2 radical (unpaired) electrons. The Kier molecular flexibility index (Phi) is 13.9. The standard InChI is InChI=1S/C34H54O5P.Ca/c1-15-36-29-25(31(3,4)5)17-23(18-26(29)32(6,7)8)21-38-40(35)39-22-24-19-27(33(9,10)11)30(37-16-2)28(20-24)34(12,13)14;/h17-20H,15-16,21-22H2,1-14H3;/q+1;. The minimum Gasteiger partial charge on any atom is -0.493 e. The molecule has 2 aromatic rings. The molecule has 0 aliphatic rings. The van der Waals surface area contributed by atoms with Crippen molar-refractivity contribution in [3.63, 3.8) is 0 Å². The molecule has 0 spiro atoms. The predicted molar refractivity (Wildman–Crippen MR) is 173 cm³/mol. The maximum Gasteiger partial charge on any atom is 0.698 e. The molecule has 2 aromatic carbocycles. The third kappa shape index (κ3) is 10.8. The quantitative estimate of drug-likeness (QED) is 0.197. The molecule has 0 aliphatic carbocycles. The molecule has 0 bridgehead atoms. The van der Waals surface area contributed by atoms with Crippen LogP contribution < -0.4 is 9.47 Å². The Hall–Kier alpha value is -0.680. The zero-order chi connectivity index (χ0) is 30.7. The minimum absolute atomic E-state index is 0. The van der Waals surface area contributed by atoms with Gasteiger partial charge in [-0.3, -0.25) is 0 Å². The fourth-order valence-corrected chi connectivity index (χ4v) is 5.25. The summed E-state index contributed by atoms with van der Waals surface area (Å²) in [6.07, 6.45) is 0. The molecule has 0 saturated heterocycles. The van der Waals surface area contributed by atoms with Crippen LogP contribution in [-0.4, -0.2) is 51.0 Å². The Morgan fingerprint density at radius 1 is 0.537 bits per heavy atom. The van der Waals surface area contributed by atoms with Crippen molar-refractivity contribution in [3.05, 3.63) is 57.6 Å². The van der Waals surface area contributed by atoms with Crippen molar-refractivity contribution < 1.29 is 23.1 Å². The van der Waals surface area contributed by atoms with E-state index in [1.807, 2.05) is 13.8 Å². The summed E-state index contributed by atoms with van der Waals surface area (Å²) in [5, 5.41) is 0. The molecule has 7 heteroatoms. The van der Waals surface area contributed by atoms with Gasteiger partial charge in [0, 0.05) is 64.6 Å². The van der Waals surface area contributed by atoms with Crippen LogP contribution in [0.15, 0.2) is 24.3 Å².